The molecule has 1 atom stereocenters. The van der Waals surface area contributed by atoms with E-state index in [0.717, 1.165) is 37.8 Å². The predicted molar refractivity (Wildman–Crippen MR) is 168 cm³/mol. The van der Waals surface area contributed by atoms with Crippen LogP contribution in [0.4, 0.5) is 14.5 Å². The van der Waals surface area contributed by atoms with E-state index in [0.29, 0.717) is 23.6 Å². The number of nitrogens with one attached hydrogen (secondary N) is 1. The Balaban J connectivity index is 1.36. The smallest absolute Gasteiger partial charge is 0.275 e. The molecule has 0 aliphatic heterocycles. The number of pyridine rings is 1. The molecule has 14 heteroatoms. The highest BCUT2D eigenvalue weighted by molar-refractivity contribution is 7.13. The molecule has 1 N–H and O–H groups in total. The first kappa shape index (κ1) is 33.2. The van der Waals surface area contributed by atoms with Gasteiger partial charge in [-0.3, -0.25) is 14.3 Å². The van der Waals surface area contributed by atoms with Gasteiger partial charge < -0.3 is 14.8 Å². The van der Waals surface area contributed by atoms with Gasteiger partial charge in [0.25, 0.3) is 5.91 Å². The molecule has 0 radical (unpaired) electrons. The molecule has 1 aliphatic rings. The number of halogens is 2. The van der Waals surface area contributed by atoms with E-state index >= 15 is 0 Å². The van der Waals surface area contributed by atoms with Crippen molar-refractivity contribution in [2.75, 3.05) is 11.9 Å². The van der Waals surface area contributed by atoms with Crippen LogP contribution < -0.4 is 5.32 Å². The summed E-state index contributed by atoms with van der Waals surface area (Å²) in [6, 6.07) is 1.88. The fraction of sp³-hybridized carbons (Fsp3) is 0.469. The molecule has 0 saturated heterocycles. The third kappa shape index (κ3) is 7.79. The monoisotopic (exact) mass is 653 g/mol. The van der Waals surface area contributed by atoms with E-state index < -0.39 is 23.6 Å². The van der Waals surface area contributed by atoms with Crippen molar-refractivity contribution in [2.45, 2.75) is 78.4 Å². The minimum Gasteiger partial charge on any atom is -0.379 e. The number of anilines is 1. The molecule has 0 bridgehead atoms. The number of rotatable bonds is 12. The van der Waals surface area contributed by atoms with Crippen LogP contribution in [0.3, 0.4) is 0 Å². The lowest BCUT2D eigenvalue weighted by molar-refractivity contribution is -0.117. The van der Waals surface area contributed by atoms with Crippen molar-refractivity contribution in [3.63, 3.8) is 0 Å². The summed E-state index contributed by atoms with van der Waals surface area (Å²) in [6.45, 7) is 8.04. The summed E-state index contributed by atoms with van der Waals surface area (Å²) in [5.74, 6) is -2.85. The van der Waals surface area contributed by atoms with E-state index in [-0.39, 0.29) is 58.9 Å². The van der Waals surface area contributed by atoms with Gasteiger partial charge in [-0.25, -0.2) is 19.0 Å². The minimum absolute atomic E-state index is 0.00837. The van der Waals surface area contributed by atoms with E-state index in [2.05, 4.69) is 25.5 Å². The Kier molecular flexibility index (Phi) is 10.5. The van der Waals surface area contributed by atoms with E-state index in [1.165, 1.54) is 35.3 Å². The van der Waals surface area contributed by atoms with Crippen molar-refractivity contribution in [1.29, 1.82) is 0 Å². The topological polar surface area (TPSA) is 134 Å². The first-order valence-electron chi connectivity index (χ1n) is 15.4. The number of thiazole rings is 1. The predicted octanol–water partition coefficient (Wildman–Crippen LogP) is 6.60. The molecule has 1 aliphatic carbocycles. The number of nitrogens with zero attached hydrogens (tertiary/aromatic N) is 6. The SMILES string of the molecule is CCOC1CCC(n2cc(NC(=O)c3csc(-c4cnn(C(=O)[C@H](CC(C)=O)CC(C)C)c4)n3)c(-c3nc(F)ccc3F)n2)CC1. The van der Waals surface area contributed by atoms with Crippen molar-refractivity contribution >= 4 is 34.6 Å². The lowest BCUT2D eigenvalue weighted by Crippen LogP contribution is -2.25. The maximum Gasteiger partial charge on any atom is 0.275 e. The molecular weight excluding hydrogens is 616 g/mol. The number of carbonyl (C=O) groups excluding carboxylic acids is 3. The van der Waals surface area contributed by atoms with Gasteiger partial charge in [0.1, 0.15) is 27.9 Å². The van der Waals surface area contributed by atoms with Crippen LogP contribution in [0.15, 0.2) is 36.1 Å². The average molecular weight is 654 g/mol. The zero-order valence-electron chi connectivity index (χ0n) is 26.2. The van der Waals surface area contributed by atoms with Crippen LogP contribution >= 0.6 is 11.3 Å². The van der Waals surface area contributed by atoms with Gasteiger partial charge >= 0.3 is 0 Å². The number of Topliss-reactive ketones (excluding diaryl/α,β-unsaturated/α-hetero) is 1. The first-order valence-corrected chi connectivity index (χ1v) is 16.3. The van der Waals surface area contributed by atoms with Crippen molar-refractivity contribution in [3.05, 3.63) is 53.6 Å². The van der Waals surface area contributed by atoms with E-state index in [1.807, 2.05) is 20.8 Å². The Labute approximate surface area is 269 Å². The van der Waals surface area contributed by atoms with E-state index in [4.69, 9.17) is 4.74 Å². The van der Waals surface area contributed by atoms with Gasteiger partial charge in [0.15, 0.2) is 5.82 Å². The molecule has 0 spiro atoms. The van der Waals surface area contributed by atoms with Crippen LogP contribution in [0.5, 0.6) is 0 Å². The summed E-state index contributed by atoms with van der Waals surface area (Å²) in [5.41, 5.74) is 0.480. The molecule has 4 aromatic rings. The van der Waals surface area contributed by atoms with Crippen molar-refractivity contribution in [1.82, 2.24) is 29.5 Å². The van der Waals surface area contributed by atoms with Crippen molar-refractivity contribution < 1.29 is 27.9 Å². The van der Waals surface area contributed by atoms with E-state index in [1.54, 1.807) is 16.3 Å². The number of ketones is 1. The summed E-state index contributed by atoms with van der Waals surface area (Å²) in [4.78, 5) is 46.5. The molecule has 0 aromatic carbocycles. The van der Waals surface area contributed by atoms with Gasteiger partial charge in [0.05, 0.1) is 24.0 Å². The minimum atomic E-state index is -0.875. The van der Waals surface area contributed by atoms with Gasteiger partial charge in [-0.1, -0.05) is 13.8 Å². The quantitative estimate of drug-likeness (QED) is 0.169. The Morgan fingerprint density at radius 1 is 1.09 bits per heavy atom. The van der Waals surface area contributed by atoms with Crippen LogP contribution in [0.2, 0.25) is 0 Å². The number of amides is 1. The Hall–Kier alpha value is -4.17. The maximum atomic E-state index is 14.8. The van der Waals surface area contributed by atoms with Crippen LogP contribution in [0.25, 0.3) is 22.0 Å². The molecular formula is C32H37F2N7O4S. The lowest BCUT2D eigenvalue weighted by atomic mass is 9.92. The standard InChI is InChI=1S/C32H37F2N7O4S/c1-5-45-23-8-6-22(7-9-23)40-16-25(29(39-40)28-24(33)10-11-27(34)38-28)36-30(43)26-17-46-31(37-26)21-14-35-41(15-21)32(44)20(12-18(2)3)13-19(4)42/h10-11,14-18,20,22-23H,5-9,12-13H2,1-4H3,(H,36,43)/t20-,22?,23?/m0/s1. The fourth-order valence-corrected chi connectivity index (χ4v) is 6.54. The first-order chi connectivity index (χ1) is 22.0. The summed E-state index contributed by atoms with van der Waals surface area (Å²) < 4.78 is 37.6. The molecule has 4 aromatic heterocycles. The van der Waals surface area contributed by atoms with Crippen LogP contribution in [-0.4, -0.2) is 59.8 Å². The number of hydrogen-bond acceptors (Lipinski definition) is 9. The normalized spacial score (nSPS) is 17.3. The fourth-order valence-electron chi connectivity index (χ4n) is 5.77. The second-order valence-corrected chi connectivity index (χ2v) is 12.8. The molecule has 1 saturated carbocycles. The van der Waals surface area contributed by atoms with Crippen molar-refractivity contribution in [3.8, 4) is 22.0 Å². The number of aromatic nitrogens is 6. The molecule has 244 valence electrons. The average Bonchev–Trinajstić information content (AvgIpc) is 3.78. The summed E-state index contributed by atoms with van der Waals surface area (Å²) in [6.07, 6.45) is 8.71. The number of carbonyl (C=O) groups is 3. The highest BCUT2D eigenvalue weighted by atomic mass is 32.1. The molecule has 5 rings (SSSR count). The summed E-state index contributed by atoms with van der Waals surface area (Å²) in [5, 5.41) is 13.5. The van der Waals surface area contributed by atoms with Gasteiger partial charge in [0.2, 0.25) is 11.9 Å². The Morgan fingerprint density at radius 2 is 1.85 bits per heavy atom. The molecule has 1 fully saturated rings. The second kappa shape index (κ2) is 14.5. The van der Waals surface area contributed by atoms with Gasteiger partial charge in [-0.2, -0.15) is 14.6 Å². The zero-order valence-corrected chi connectivity index (χ0v) is 27.0. The number of hydrogen-bond donors (Lipinski definition) is 1. The Bertz CT molecular complexity index is 1710. The summed E-state index contributed by atoms with van der Waals surface area (Å²) in [7, 11) is 0. The van der Waals surface area contributed by atoms with Crippen LogP contribution in [0.1, 0.15) is 87.5 Å². The maximum absolute atomic E-state index is 14.8. The highest BCUT2D eigenvalue weighted by Gasteiger charge is 2.28. The zero-order chi connectivity index (χ0) is 33.0. The molecule has 11 nitrogen and oxygen atoms in total. The van der Waals surface area contributed by atoms with Gasteiger partial charge in [-0.15, -0.1) is 11.3 Å². The molecule has 4 heterocycles. The summed E-state index contributed by atoms with van der Waals surface area (Å²) >= 11 is 1.19. The Morgan fingerprint density at radius 3 is 2.54 bits per heavy atom. The third-order valence-electron chi connectivity index (χ3n) is 7.87. The highest BCUT2D eigenvalue weighted by Crippen LogP contribution is 2.35. The second-order valence-electron chi connectivity index (χ2n) is 12.0. The lowest BCUT2D eigenvalue weighted by Gasteiger charge is -2.28. The van der Waals surface area contributed by atoms with Crippen LogP contribution in [0, 0.1) is 23.6 Å². The molecule has 46 heavy (non-hydrogen) atoms. The third-order valence-corrected chi connectivity index (χ3v) is 8.76. The van der Waals surface area contributed by atoms with E-state index in [9.17, 15) is 23.2 Å². The molecule has 0 unspecified atom stereocenters. The van der Waals surface area contributed by atoms with Crippen molar-refractivity contribution in [2.24, 2.45) is 11.8 Å². The molecule has 1 amide bonds. The number of ether oxygens (including phenoxy) is 1. The van der Waals surface area contributed by atoms with Gasteiger partial charge in [-0.05, 0) is 64.0 Å². The largest absolute Gasteiger partial charge is 0.379 e. The van der Waals surface area contributed by atoms with Gasteiger partial charge in [0, 0.05) is 42.3 Å². The van der Waals surface area contributed by atoms with Crippen LogP contribution in [-0.2, 0) is 9.53 Å².